The molecule has 0 atom stereocenters. The highest BCUT2D eigenvalue weighted by Crippen LogP contribution is 2.17. The molecule has 0 saturated heterocycles. The summed E-state index contributed by atoms with van der Waals surface area (Å²) in [5.41, 5.74) is 0.918. The fourth-order valence-corrected chi connectivity index (χ4v) is 1.57. The lowest BCUT2D eigenvalue weighted by Crippen LogP contribution is -2.19. The van der Waals surface area contributed by atoms with Gasteiger partial charge in [0.05, 0.1) is 6.07 Å². The van der Waals surface area contributed by atoms with Crippen LogP contribution in [0.1, 0.15) is 12.0 Å². The molecule has 0 aliphatic carbocycles. The van der Waals surface area contributed by atoms with E-state index in [1.54, 1.807) is 6.07 Å². The Kier molecular flexibility index (Phi) is 4.83. The second-order valence-electron chi connectivity index (χ2n) is 3.23. The minimum Gasteiger partial charge on any atom is -0.301 e. The third-order valence-electron chi connectivity index (χ3n) is 1.94. The van der Waals surface area contributed by atoms with E-state index in [9.17, 15) is 0 Å². The zero-order chi connectivity index (χ0) is 11.3. The second kappa shape index (κ2) is 5.92. The maximum Gasteiger partial charge on any atom is 0.135 e. The van der Waals surface area contributed by atoms with Gasteiger partial charge in [0, 0.05) is 25.1 Å². The second-order valence-corrected chi connectivity index (χ2v) is 3.98. The normalized spacial score (nSPS) is 10.3. The molecule has 0 fully saturated rings. The quantitative estimate of drug-likeness (QED) is 0.764. The van der Waals surface area contributed by atoms with Crippen molar-refractivity contribution >= 4 is 23.2 Å². The Balaban J connectivity index is 2.61. The van der Waals surface area contributed by atoms with E-state index in [0.717, 1.165) is 12.1 Å². The largest absolute Gasteiger partial charge is 0.301 e. The third kappa shape index (κ3) is 4.05. The maximum atomic E-state index is 8.44. The van der Waals surface area contributed by atoms with Gasteiger partial charge < -0.3 is 4.90 Å². The summed E-state index contributed by atoms with van der Waals surface area (Å²) in [5, 5.41) is 9.25. The van der Waals surface area contributed by atoms with E-state index in [1.807, 2.05) is 18.0 Å². The Bertz CT molecular complexity index is 373. The van der Waals surface area contributed by atoms with E-state index in [0.29, 0.717) is 23.3 Å². The van der Waals surface area contributed by atoms with E-state index in [2.05, 4.69) is 11.1 Å². The molecule has 0 bridgehead atoms. The minimum atomic E-state index is 0.392. The Hall–Kier alpha value is -0.820. The first-order chi connectivity index (χ1) is 7.13. The topological polar surface area (TPSA) is 39.9 Å². The van der Waals surface area contributed by atoms with Crippen molar-refractivity contribution in [3.63, 3.8) is 0 Å². The van der Waals surface area contributed by atoms with Gasteiger partial charge in [-0.05, 0) is 13.1 Å². The maximum absolute atomic E-state index is 8.44. The molecule has 0 saturated carbocycles. The SMILES string of the molecule is CN(CCC#N)Cc1ccc(Cl)nc1Cl. The van der Waals surface area contributed by atoms with Crippen molar-refractivity contribution in [2.24, 2.45) is 0 Å². The van der Waals surface area contributed by atoms with Gasteiger partial charge in [0.2, 0.25) is 0 Å². The van der Waals surface area contributed by atoms with Crippen LogP contribution in [-0.4, -0.2) is 23.5 Å². The molecule has 80 valence electrons. The van der Waals surface area contributed by atoms with Gasteiger partial charge in [0.25, 0.3) is 0 Å². The number of hydrogen-bond donors (Lipinski definition) is 0. The van der Waals surface area contributed by atoms with Gasteiger partial charge in [-0.1, -0.05) is 29.3 Å². The lowest BCUT2D eigenvalue weighted by atomic mass is 10.2. The first-order valence-electron chi connectivity index (χ1n) is 4.50. The smallest absolute Gasteiger partial charge is 0.135 e. The lowest BCUT2D eigenvalue weighted by molar-refractivity contribution is 0.334. The molecule has 0 aromatic carbocycles. The van der Waals surface area contributed by atoms with Gasteiger partial charge >= 0.3 is 0 Å². The summed E-state index contributed by atoms with van der Waals surface area (Å²) in [7, 11) is 1.93. The van der Waals surface area contributed by atoms with Gasteiger partial charge in [-0.15, -0.1) is 0 Å². The van der Waals surface area contributed by atoms with E-state index in [-0.39, 0.29) is 0 Å². The molecule has 0 aliphatic heterocycles. The Morgan fingerprint density at radius 1 is 1.47 bits per heavy atom. The number of pyridine rings is 1. The molecule has 1 aromatic heterocycles. The first kappa shape index (κ1) is 12.3. The summed E-state index contributed by atoms with van der Waals surface area (Å²) < 4.78 is 0. The van der Waals surface area contributed by atoms with Crippen LogP contribution >= 0.6 is 23.2 Å². The molecule has 1 aromatic rings. The molecule has 0 amide bonds. The van der Waals surface area contributed by atoms with Crippen molar-refractivity contribution in [1.29, 1.82) is 5.26 Å². The number of hydrogen-bond acceptors (Lipinski definition) is 3. The predicted molar refractivity (Wildman–Crippen MR) is 60.8 cm³/mol. The van der Waals surface area contributed by atoms with E-state index < -0.39 is 0 Å². The molecular formula is C10H11Cl2N3. The van der Waals surface area contributed by atoms with Crippen LogP contribution < -0.4 is 0 Å². The molecule has 0 N–H and O–H groups in total. The number of aromatic nitrogens is 1. The average Bonchev–Trinajstić information content (AvgIpc) is 2.19. The molecule has 1 heterocycles. The van der Waals surface area contributed by atoms with Crippen molar-refractivity contribution in [3.05, 3.63) is 28.0 Å². The Morgan fingerprint density at radius 2 is 2.20 bits per heavy atom. The van der Waals surface area contributed by atoms with Crippen molar-refractivity contribution in [2.45, 2.75) is 13.0 Å². The summed E-state index contributed by atoms with van der Waals surface area (Å²) in [4.78, 5) is 5.96. The molecule has 5 heteroatoms. The molecule has 15 heavy (non-hydrogen) atoms. The Labute approximate surface area is 99.2 Å². The van der Waals surface area contributed by atoms with Gasteiger partial charge in [0.1, 0.15) is 10.3 Å². The molecule has 0 spiro atoms. The standard InChI is InChI=1S/C10H11Cl2N3/c1-15(6-2-5-13)7-8-3-4-9(11)14-10(8)12/h3-4H,2,6-7H2,1H3. The van der Waals surface area contributed by atoms with Crippen molar-refractivity contribution in [3.8, 4) is 6.07 Å². The lowest BCUT2D eigenvalue weighted by Gasteiger charge is -2.15. The average molecular weight is 244 g/mol. The van der Waals surface area contributed by atoms with Gasteiger partial charge in [0.15, 0.2) is 0 Å². The van der Waals surface area contributed by atoms with Crippen LogP contribution in [0.15, 0.2) is 12.1 Å². The van der Waals surface area contributed by atoms with Gasteiger partial charge in [-0.3, -0.25) is 0 Å². The van der Waals surface area contributed by atoms with Crippen LogP contribution in [0.2, 0.25) is 10.3 Å². The molecule has 0 unspecified atom stereocenters. The van der Waals surface area contributed by atoms with Crippen LogP contribution in [-0.2, 0) is 6.54 Å². The van der Waals surface area contributed by atoms with Crippen molar-refractivity contribution in [2.75, 3.05) is 13.6 Å². The highest BCUT2D eigenvalue weighted by atomic mass is 35.5. The summed E-state index contributed by atoms with van der Waals surface area (Å²) in [6.45, 7) is 1.39. The first-order valence-corrected chi connectivity index (χ1v) is 5.25. The molecular weight excluding hydrogens is 233 g/mol. The monoisotopic (exact) mass is 243 g/mol. The summed E-state index contributed by atoms with van der Waals surface area (Å²) in [6.07, 6.45) is 0.509. The van der Waals surface area contributed by atoms with Crippen LogP contribution in [0.5, 0.6) is 0 Å². The zero-order valence-electron chi connectivity index (χ0n) is 8.37. The number of rotatable bonds is 4. The van der Waals surface area contributed by atoms with Gasteiger partial charge in [-0.25, -0.2) is 4.98 Å². The minimum absolute atomic E-state index is 0.392. The van der Waals surface area contributed by atoms with Crippen molar-refractivity contribution < 1.29 is 0 Å². The number of nitriles is 1. The van der Waals surface area contributed by atoms with Crippen molar-refractivity contribution in [1.82, 2.24) is 9.88 Å². The van der Waals surface area contributed by atoms with Crippen LogP contribution in [0.25, 0.3) is 0 Å². The van der Waals surface area contributed by atoms with Gasteiger partial charge in [-0.2, -0.15) is 5.26 Å². The fraction of sp³-hybridized carbons (Fsp3) is 0.400. The number of halogens is 2. The highest BCUT2D eigenvalue weighted by Gasteiger charge is 2.05. The van der Waals surface area contributed by atoms with E-state index in [1.165, 1.54) is 0 Å². The van der Waals surface area contributed by atoms with E-state index >= 15 is 0 Å². The van der Waals surface area contributed by atoms with Crippen LogP contribution in [0.4, 0.5) is 0 Å². The fourth-order valence-electron chi connectivity index (χ4n) is 1.17. The molecule has 0 aliphatic rings. The predicted octanol–water partition coefficient (Wildman–Crippen LogP) is 2.73. The van der Waals surface area contributed by atoms with Crippen LogP contribution in [0.3, 0.4) is 0 Å². The summed E-state index contributed by atoms with van der Waals surface area (Å²) in [6, 6.07) is 5.65. The Morgan fingerprint density at radius 3 is 2.80 bits per heavy atom. The van der Waals surface area contributed by atoms with E-state index in [4.69, 9.17) is 28.5 Å². The zero-order valence-corrected chi connectivity index (χ0v) is 9.89. The third-order valence-corrected chi connectivity index (χ3v) is 2.48. The van der Waals surface area contributed by atoms with Crippen LogP contribution in [0, 0.1) is 11.3 Å². The highest BCUT2D eigenvalue weighted by molar-refractivity contribution is 6.32. The number of nitrogens with zero attached hydrogens (tertiary/aromatic N) is 3. The molecule has 3 nitrogen and oxygen atoms in total. The summed E-state index contributed by atoms with van der Waals surface area (Å²) >= 11 is 11.6. The summed E-state index contributed by atoms with van der Waals surface area (Å²) in [5.74, 6) is 0. The molecule has 0 radical (unpaired) electrons. The molecule has 1 rings (SSSR count).